The van der Waals surface area contributed by atoms with Crippen molar-refractivity contribution < 1.29 is 9.84 Å². The zero-order valence-corrected chi connectivity index (χ0v) is 6.23. The molecule has 0 saturated carbocycles. The van der Waals surface area contributed by atoms with Crippen LogP contribution in [0.2, 0.25) is 0 Å². The topological polar surface area (TPSA) is 41.5 Å². The van der Waals surface area contributed by atoms with Gasteiger partial charge in [0.15, 0.2) is 5.44 Å². The van der Waals surface area contributed by atoms with Crippen LogP contribution in [0.5, 0.6) is 0 Å². The Morgan fingerprint density at radius 1 is 1.80 bits per heavy atom. The summed E-state index contributed by atoms with van der Waals surface area (Å²) in [6.07, 6.45) is 2.15. The number of ether oxygens (including phenoxy) is 1. The van der Waals surface area contributed by atoms with E-state index >= 15 is 0 Å². The molecule has 2 atom stereocenters. The van der Waals surface area contributed by atoms with Crippen molar-refractivity contribution in [2.24, 2.45) is 0 Å². The molecule has 2 N–H and O–H groups in total. The van der Waals surface area contributed by atoms with E-state index in [0.29, 0.717) is 18.2 Å². The van der Waals surface area contributed by atoms with Gasteiger partial charge in [-0.25, -0.2) is 0 Å². The van der Waals surface area contributed by atoms with Crippen molar-refractivity contribution in [3.8, 4) is 0 Å². The van der Waals surface area contributed by atoms with E-state index in [0.717, 1.165) is 5.88 Å². The Hall–Kier alpha value is -0.350. The third-order valence-corrected chi connectivity index (χ3v) is 2.79. The van der Waals surface area contributed by atoms with E-state index in [-0.39, 0.29) is 5.44 Å². The van der Waals surface area contributed by atoms with Crippen LogP contribution in [0.1, 0.15) is 6.42 Å². The van der Waals surface area contributed by atoms with Crippen LogP contribution >= 0.6 is 11.8 Å². The summed E-state index contributed by atoms with van der Waals surface area (Å²) in [4.78, 5) is 0. The molecule has 10 heavy (non-hydrogen) atoms. The number of nitrogens with one attached hydrogen (secondary N) is 1. The average molecular weight is 159 g/mol. The molecule has 0 amide bonds. The minimum Gasteiger partial charge on any atom is -0.509 e. The Kier molecular flexibility index (Phi) is 1.50. The molecule has 2 unspecified atom stereocenters. The lowest BCUT2D eigenvalue weighted by Gasteiger charge is -2.21. The highest BCUT2D eigenvalue weighted by Crippen LogP contribution is 2.29. The molecule has 2 aliphatic rings. The smallest absolute Gasteiger partial charge is 0.160 e. The number of fused-ring (bicyclic) bond motifs is 1. The lowest BCUT2D eigenvalue weighted by atomic mass is 10.2. The molecule has 0 bridgehead atoms. The van der Waals surface area contributed by atoms with E-state index in [9.17, 15) is 0 Å². The fourth-order valence-electron chi connectivity index (χ4n) is 1.17. The lowest BCUT2D eigenvalue weighted by molar-refractivity contribution is 0.142. The largest absolute Gasteiger partial charge is 0.509 e. The Labute approximate surface area is 63.4 Å². The highest BCUT2D eigenvalue weighted by molar-refractivity contribution is 8.00. The maximum atomic E-state index is 9.04. The summed E-state index contributed by atoms with van der Waals surface area (Å²) in [6.45, 7) is 0. The summed E-state index contributed by atoms with van der Waals surface area (Å²) in [5.74, 6) is 1.27. The summed E-state index contributed by atoms with van der Waals surface area (Å²) < 4.78 is 5.20. The molecule has 2 aliphatic heterocycles. The van der Waals surface area contributed by atoms with Crippen LogP contribution < -0.4 is 5.32 Å². The van der Waals surface area contributed by atoms with E-state index < -0.39 is 0 Å². The van der Waals surface area contributed by atoms with Crippen molar-refractivity contribution in [1.82, 2.24) is 5.32 Å². The second-order valence-electron chi connectivity index (χ2n) is 2.44. The first-order chi connectivity index (χ1) is 4.86. The first-order valence-corrected chi connectivity index (χ1v) is 4.29. The zero-order valence-electron chi connectivity index (χ0n) is 5.41. The molecule has 1 fully saturated rings. The molecule has 0 aliphatic carbocycles. The zero-order chi connectivity index (χ0) is 6.97. The minimum absolute atomic E-state index is 0.218. The molecule has 4 heteroatoms. The SMILES string of the molecule is OC1=COC2SCNC2C1. The van der Waals surface area contributed by atoms with Crippen molar-refractivity contribution in [3.63, 3.8) is 0 Å². The van der Waals surface area contributed by atoms with Gasteiger partial charge in [0.05, 0.1) is 6.04 Å². The van der Waals surface area contributed by atoms with Crippen molar-refractivity contribution in [3.05, 3.63) is 12.0 Å². The standard InChI is InChI=1S/C6H9NO2S/c8-4-1-5-6(9-2-4)10-3-7-5/h2,5-8H,1,3H2. The maximum absolute atomic E-state index is 9.04. The van der Waals surface area contributed by atoms with Gasteiger partial charge in [-0.05, 0) is 0 Å². The van der Waals surface area contributed by atoms with Crippen LogP contribution in [0, 0.1) is 0 Å². The Balaban J connectivity index is 2.08. The lowest BCUT2D eigenvalue weighted by Crippen LogP contribution is -2.33. The molecular formula is C6H9NO2S. The third-order valence-electron chi connectivity index (χ3n) is 1.69. The molecule has 0 radical (unpaired) electrons. The average Bonchev–Trinajstić information content (AvgIpc) is 2.33. The monoisotopic (exact) mass is 159 g/mol. The Morgan fingerprint density at radius 3 is 3.60 bits per heavy atom. The van der Waals surface area contributed by atoms with E-state index in [1.165, 1.54) is 6.26 Å². The van der Waals surface area contributed by atoms with E-state index in [4.69, 9.17) is 9.84 Å². The van der Waals surface area contributed by atoms with Gasteiger partial charge in [-0.15, -0.1) is 11.8 Å². The van der Waals surface area contributed by atoms with Gasteiger partial charge in [-0.3, -0.25) is 0 Å². The molecule has 56 valence electrons. The van der Waals surface area contributed by atoms with Crippen LogP contribution in [-0.4, -0.2) is 22.5 Å². The van der Waals surface area contributed by atoms with Gasteiger partial charge in [0.2, 0.25) is 0 Å². The van der Waals surface area contributed by atoms with Crippen LogP contribution in [0.3, 0.4) is 0 Å². The molecule has 0 aromatic rings. The molecule has 1 saturated heterocycles. The van der Waals surface area contributed by atoms with Crippen LogP contribution in [0.25, 0.3) is 0 Å². The van der Waals surface area contributed by atoms with Gasteiger partial charge >= 0.3 is 0 Å². The minimum atomic E-state index is 0.218. The molecule has 0 aromatic heterocycles. The number of thioether (sulfide) groups is 1. The van der Waals surface area contributed by atoms with Crippen molar-refractivity contribution in [2.45, 2.75) is 17.9 Å². The molecule has 0 spiro atoms. The van der Waals surface area contributed by atoms with Crippen molar-refractivity contribution >= 4 is 11.8 Å². The van der Waals surface area contributed by atoms with Gasteiger partial charge in [-0.2, -0.15) is 0 Å². The van der Waals surface area contributed by atoms with Gasteiger partial charge in [0.1, 0.15) is 12.0 Å². The van der Waals surface area contributed by atoms with Crippen LogP contribution in [0.4, 0.5) is 0 Å². The number of aliphatic hydroxyl groups is 1. The maximum Gasteiger partial charge on any atom is 0.160 e. The van der Waals surface area contributed by atoms with Gasteiger partial charge in [0, 0.05) is 12.3 Å². The predicted molar refractivity (Wildman–Crippen MR) is 39.6 cm³/mol. The normalized spacial score (nSPS) is 38.2. The van der Waals surface area contributed by atoms with E-state index in [1.54, 1.807) is 11.8 Å². The molecule has 2 heterocycles. The summed E-state index contributed by atoms with van der Waals surface area (Å²) >= 11 is 1.74. The Bertz CT molecular complexity index is 171. The third kappa shape index (κ3) is 0.973. The van der Waals surface area contributed by atoms with E-state index in [2.05, 4.69) is 5.32 Å². The Morgan fingerprint density at radius 2 is 2.70 bits per heavy atom. The van der Waals surface area contributed by atoms with Gasteiger partial charge < -0.3 is 15.2 Å². The quantitative estimate of drug-likeness (QED) is 0.548. The fourth-order valence-corrected chi connectivity index (χ4v) is 2.20. The van der Waals surface area contributed by atoms with E-state index in [1.807, 2.05) is 0 Å². The molecular weight excluding hydrogens is 150 g/mol. The van der Waals surface area contributed by atoms with Crippen molar-refractivity contribution in [2.75, 3.05) is 5.88 Å². The fraction of sp³-hybridized carbons (Fsp3) is 0.667. The van der Waals surface area contributed by atoms with Crippen LogP contribution in [0.15, 0.2) is 12.0 Å². The second-order valence-corrected chi connectivity index (χ2v) is 3.53. The molecule has 2 rings (SSSR count). The van der Waals surface area contributed by atoms with Gasteiger partial charge in [-0.1, -0.05) is 0 Å². The molecule has 0 aromatic carbocycles. The first-order valence-electron chi connectivity index (χ1n) is 3.25. The molecule has 3 nitrogen and oxygen atoms in total. The summed E-state index contributed by atoms with van der Waals surface area (Å²) in [6, 6.07) is 0.315. The second kappa shape index (κ2) is 2.36. The van der Waals surface area contributed by atoms with Gasteiger partial charge in [0.25, 0.3) is 0 Å². The number of aliphatic hydroxyl groups excluding tert-OH is 1. The number of hydrogen-bond donors (Lipinski definition) is 2. The predicted octanol–water partition coefficient (Wildman–Crippen LogP) is 0.795. The summed E-state index contributed by atoms with van der Waals surface area (Å²) in [5, 5.41) is 12.3. The van der Waals surface area contributed by atoms with Crippen molar-refractivity contribution in [1.29, 1.82) is 0 Å². The highest BCUT2D eigenvalue weighted by atomic mass is 32.2. The number of rotatable bonds is 0. The summed E-state index contributed by atoms with van der Waals surface area (Å²) in [7, 11) is 0. The number of hydrogen-bond acceptors (Lipinski definition) is 4. The highest BCUT2D eigenvalue weighted by Gasteiger charge is 2.31. The van der Waals surface area contributed by atoms with Crippen LogP contribution in [-0.2, 0) is 4.74 Å². The summed E-state index contributed by atoms with van der Waals surface area (Å²) in [5.41, 5.74) is 0.218. The first kappa shape index (κ1) is 6.37.